The van der Waals surface area contributed by atoms with Crippen LogP contribution in [0.2, 0.25) is 0 Å². The van der Waals surface area contributed by atoms with Crippen LogP contribution in [0.15, 0.2) is 10.9 Å². The SMILES string of the molecule is Cc1cc(=O)n2[nH]c(C(C)N3CCNCC3)nc2n1. The van der Waals surface area contributed by atoms with Crippen molar-refractivity contribution in [2.75, 3.05) is 26.2 Å². The van der Waals surface area contributed by atoms with Gasteiger partial charge in [0.2, 0.25) is 0 Å². The summed E-state index contributed by atoms with van der Waals surface area (Å²) in [6.07, 6.45) is 0. The zero-order valence-electron chi connectivity index (χ0n) is 11.2. The van der Waals surface area contributed by atoms with E-state index in [2.05, 4.69) is 32.2 Å². The fourth-order valence-electron chi connectivity index (χ4n) is 2.44. The van der Waals surface area contributed by atoms with Gasteiger partial charge >= 0.3 is 0 Å². The molecule has 0 bridgehead atoms. The minimum atomic E-state index is -0.117. The average molecular weight is 262 g/mol. The van der Waals surface area contributed by atoms with E-state index in [9.17, 15) is 4.79 Å². The molecule has 1 aliphatic rings. The number of aromatic amines is 1. The van der Waals surface area contributed by atoms with Gasteiger partial charge < -0.3 is 5.32 Å². The number of aryl methyl sites for hydroxylation is 1. The Morgan fingerprint density at radius 1 is 1.32 bits per heavy atom. The number of fused-ring (bicyclic) bond motifs is 1. The van der Waals surface area contributed by atoms with E-state index in [1.165, 1.54) is 10.6 Å². The highest BCUT2D eigenvalue weighted by molar-refractivity contribution is 5.28. The largest absolute Gasteiger partial charge is 0.314 e. The highest BCUT2D eigenvalue weighted by Crippen LogP contribution is 2.16. The number of aromatic nitrogens is 4. The van der Waals surface area contributed by atoms with Crippen LogP contribution in [-0.4, -0.2) is 50.7 Å². The van der Waals surface area contributed by atoms with Gasteiger partial charge in [0.15, 0.2) is 0 Å². The average Bonchev–Trinajstić information content (AvgIpc) is 2.83. The van der Waals surface area contributed by atoms with E-state index < -0.39 is 0 Å². The molecule has 0 saturated carbocycles. The molecule has 3 rings (SSSR count). The van der Waals surface area contributed by atoms with E-state index in [0.29, 0.717) is 11.5 Å². The van der Waals surface area contributed by atoms with Crippen LogP contribution in [0.1, 0.15) is 24.5 Å². The summed E-state index contributed by atoms with van der Waals surface area (Å²) < 4.78 is 1.40. The summed E-state index contributed by atoms with van der Waals surface area (Å²) in [6, 6.07) is 1.66. The maximum Gasteiger partial charge on any atom is 0.274 e. The molecule has 2 N–H and O–H groups in total. The molecular weight excluding hydrogens is 244 g/mol. The molecule has 7 nitrogen and oxygen atoms in total. The maximum atomic E-state index is 11.8. The molecule has 102 valence electrons. The monoisotopic (exact) mass is 262 g/mol. The van der Waals surface area contributed by atoms with Crippen LogP contribution < -0.4 is 10.9 Å². The zero-order valence-corrected chi connectivity index (χ0v) is 11.2. The fraction of sp³-hybridized carbons (Fsp3) is 0.583. The second-order valence-electron chi connectivity index (χ2n) is 4.94. The van der Waals surface area contributed by atoms with E-state index in [0.717, 1.165) is 32.0 Å². The third kappa shape index (κ3) is 2.26. The number of rotatable bonds is 2. The van der Waals surface area contributed by atoms with Crippen molar-refractivity contribution in [2.45, 2.75) is 19.9 Å². The van der Waals surface area contributed by atoms with Crippen molar-refractivity contribution in [3.05, 3.63) is 27.9 Å². The Kier molecular flexibility index (Phi) is 3.08. The number of piperazine rings is 1. The molecule has 0 amide bonds. The number of H-pyrrole nitrogens is 1. The van der Waals surface area contributed by atoms with E-state index >= 15 is 0 Å². The predicted molar refractivity (Wildman–Crippen MR) is 71.2 cm³/mol. The van der Waals surface area contributed by atoms with Crippen molar-refractivity contribution < 1.29 is 0 Å². The third-order valence-electron chi connectivity index (χ3n) is 3.57. The Morgan fingerprint density at radius 3 is 2.79 bits per heavy atom. The summed E-state index contributed by atoms with van der Waals surface area (Å²) in [7, 11) is 0. The second-order valence-corrected chi connectivity index (χ2v) is 4.94. The molecule has 19 heavy (non-hydrogen) atoms. The van der Waals surface area contributed by atoms with Gasteiger partial charge in [-0.15, -0.1) is 0 Å². The molecule has 0 radical (unpaired) electrons. The first-order chi connectivity index (χ1) is 9.15. The lowest BCUT2D eigenvalue weighted by atomic mass is 10.2. The summed E-state index contributed by atoms with van der Waals surface area (Å²) in [4.78, 5) is 22.9. The number of hydrogen-bond acceptors (Lipinski definition) is 5. The summed E-state index contributed by atoms with van der Waals surface area (Å²) in [5.41, 5.74) is 0.576. The van der Waals surface area contributed by atoms with Crippen LogP contribution >= 0.6 is 0 Å². The first-order valence-corrected chi connectivity index (χ1v) is 6.56. The lowest BCUT2D eigenvalue weighted by Gasteiger charge is -2.31. The van der Waals surface area contributed by atoms with Crippen LogP contribution in [0.4, 0.5) is 0 Å². The lowest BCUT2D eigenvalue weighted by molar-refractivity contribution is 0.179. The Bertz CT molecular complexity index is 639. The van der Waals surface area contributed by atoms with Gasteiger partial charge in [-0.1, -0.05) is 0 Å². The summed E-state index contributed by atoms with van der Waals surface area (Å²) in [5.74, 6) is 1.24. The fourth-order valence-corrected chi connectivity index (χ4v) is 2.44. The Hall–Kier alpha value is -1.73. The first kappa shape index (κ1) is 12.3. The molecule has 1 atom stereocenters. The maximum absolute atomic E-state index is 11.8. The Labute approximate surface area is 110 Å². The molecule has 1 aliphatic heterocycles. The molecule has 1 fully saturated rings. The van der Waals surface area contributed by atoms with Crippen molar-refractivity contribution >= 4 is 5.78 Å². The van der Waals surface area contributed by atoms with E-state index in [-0.39, 0.29) is 11.6 Å². The third-order valence-corrected chi connectivity index (χ3v) is 3.57. The summed E-state index contributed by atoms with van der Waals surface area (Å²) in [6.45, 7) is 7.85. The normalized spacial score (nSPS) is 18.8. The molecular formula is C12H18N6O. The predicted octanol–water partition coefficient (Wildman–Crippen LogP) is -0.308. The van der Waals surface area contributed by atoms with Crippen molar-refractivity contribution in [1.82, 2.24) is 29.8 Å². The molecule has 2 aromatic rings. The number of hydrogen-bond donors (Lipinski definition) is 2. The van der Waals surface area contributed by atoms with Crippen LogP contribution in [0, 0.1) is 6.92 Å². The molecule has 2 aromatic heterocycles. The van der Waals surface area contributed by atoms with E-state index in [1.54, 1.807) is 6.92 Å². The molecule has 3 heterocycles. The highest BCUT2D eigenvalue weighted by atomic mass is 16.1. The van der Waals surface area contributed by atoms with Gasteiger partial charge in [0, 0.05) is 37.9 Å². The van der Waals surface area contributed by atoms with Crippen LogP contribution in [0.5, 0.6) is 0 Å². The van der Waals surface area contributed by atoms with Crippen molar-refractivity contribution in [1.29, 1.82) is 0 Å². The van der Waals surface area contributed by atoms with Crippen LogP contribution in [0.3, 0.4) is 0 Å². The quantitative estimate of drug-likeness (QED) is 0.776. The number of nitrogens with zero attached hydrogens (tertiary/aromatic N) is 4. The van der Waals surface area contributed by atoms with Gasteiger partial charge in [-0.3, -0.25) is 14.8 Å². The minimum absolute atomic E-state index is 0.117. The Balaban J connectivity index is 1.96. The van der Waals surface area contributed by atoms with Gasteiger partial charge in [0.05, 0.1) is 6.04 Å². The molecule has 1 unspecified atom stereocenters. The summed E-state index contributed by atoms with van der Waals surface area (Å²) >= 11 is 0. The smallest absolute Gasteiger partial charge is 0.274 e. The van der Waals surface area contributed by atoms with Crippen molar-refractivity contribution in [3.8, 4) is 0 Å². The van der Waals surface area contributed by atoms with E-state index in [4.69, 9.17) is 0 Å². The van der Waals surface area contributed by atoms with Crippen LogP contribution in [0.25, 0.3) is 5.78 Å². The topological polar surface area (TPSA) is 78.3 Å². The van der Waals surface area contributed by atoms with Gasteiger partial charge in [-0.25, -0.2) is 4.98 Å². The highest BCUT2D eigenvalue weighted by Gasteiger charge is 2.21. The summed E-state index contributed by atoms with van der Waals surface area (Å²) in [5, 5.41) is 6.38. The van der Waals surface area contributed by atoms with Gasteiger partial charge in [0.25, 0.3) is 11.3 Å². The van der Waals surface area contributed by atoms with Gasteiger partial charge in [-0.2, -0.15) is 9.50 Å². The van der Waals surface area contributed by atoms with Gasteiger partial charge in [-0.05, 0) is 13.8 Å². The molecule has 0 aliphatic carbocycles. The van der Waals surface area contributed by atoms with E-state index in [1.807, 2.05) is 0 Å². The molecule has 1 saturated heterocycles. The standard InChI is InChI=1S/C12H18N6O/c1-8-7-10(19)18-12(14-8)15-11(16-18)9(2)17-5-3-13-4-6-17/h7,9,13H,3-6H2,1-2H3,(H,14,15,16). The second kappa shape index (κ2) is 4.75. The Morgan fingerprint density at radius 2 is 2.05 bits per heavy atom. The lowest BCUT2D eigenvalue weighted by Crippen LogP contribution is -2.44. The van der Waals surface area contributed by atoms with Crippen molar-refractivity contribution in [2.24, 2.45) is 0 Å². The minimum Gasteiger partial charge on any atom is -0.314 e. The van der Waals surface area contributed by atoms with Crippen molar-refractivity contribution in [3.63, 3.8) is 0 Å². The molecule has 7 heteroatoms. The first-order valence-electron chi connectivity index (χ1n) is 6.56. The van der Waals surface area contributed by atoms with Gasteiger partial charge in [0.1, 0.15) is 5.82 Å². The molecule has 0 aromatic carbocycles. The molecule has 0 spiro atoms. The van der Waals surface area contributed by atoms with Crippen LogP contribution in [-0.2, 0) is 0 Å². The number of nitrogens with one attached hydrogen (secondary N) is 2. The zero-order chi connectivity index (χ0) is 13.4.